The summed E-state index contributed by atoms with van der Waals surface area (Å²) < 4.78 is 0. The van der Waals surface area contributed by atoms with Gasteiger partial charge < -0.3 is 10.6 Å². The molecule has 0 spiro atoms. The highest BCUT2D eigenvalue weighted by Crippen LogP contribution is 2.40. The van der Waals surface area contributed by atoms with E-state index in [2.05, 4.69) is 31.4 Å². The Hall–Kier alpha value is -2.37. The van der Waals surface area contributed by atoms with Crippen molar-refractivity contribution in [1.29, 1.82) is 0 Å². The Bertz CT molecular complexity index is 754. The number of rotatable bonds is 8. The van der Waals surface area contributed by atoms with Crippen LogP contribution in [0.2, 0.25) is 0 Å². The van der Waals surface area contributed by atoms with E-state index in [1.165, 1.54) is 0 Å². The maximum absolute atomic E-state index is 12.6. The van der Waals surface area contributed by atoms with Gasteiger partial charge in [-0.3, -0.25) is 14.5 Å². The third-order valence-electron chi connectivity index (χ3n) is 7.08. The molecule has 30 heavy (non-hydrogen) atoms. The maximum Gasteiger partial charge on any atom is 0.325 e. The topological polar surface area (TPSA) is 78.5 Å². The molecule has 1 heterocycles. The van der Waals surface area contributed by atoms with E-state index < -0.39 is 12.1 Å². The largest absolute Gasteiger partial charge is 0.352 e. The summed E-state index contributed by atoms with van der Waals surface area (Å²) in [6.07, 6.45) is 6.53. The number of aryl methyl sites for hydroxylation is 1. The minimum atomic E-state index is -0.558. The molecule has 1 atom stereocenters. The van der Waals surface area contributed by atoms with Gasteiger partial charge >= 0.3 is 6.03 Å². The zero-order chi connectivity index (χ0) is 21.7. The van der Waals surface area contributed by atoms with Crippen LogP contribution in [-0.4, -0.2) is 41.4 Å². The predicted octanol–water partition coefficient (Wildman–Crippen LogP) is 3.65. The van der Waals surface area contributed by atoms with Gasteiger partial charge in [0.25, 0.3) is 5.91 Å². The third-order valence-corrected chi connectivity index (χ3v) is 7.08. The summed E-state index contributed by atoms with van der Waals surface area (Å²) in [6, 6.07) is 8.97. The van der Waals surface area contributed by atoms with Gasteiger partial charge in [0.15, 0.2) is 0 Å². The van der Waals surface area contributed by atoms with E-state index in [-0.39, 0.29) is 24.4 Å². The number of urea groups is 1. The fourth-order valence-corrected chi connectivity index (χ4v) is 4.60. The third kappa shape index (κ3) is 5.41. The summed E-state index contributed by atoms with van der Waals surface area (Å²) in [5.74, 6) is 0.131. The van der Waals surface area contributed by atoms with Crippen LogP contribution in [0, 0.1) is 11.3 Å². The van der Waals surface area contributed by atoms with Crippen molar-refractivity contribution < 1.29 is 14.4 Å². The van der Waals surface area contributed by atoms with E-state index in [0.29, 0.717) is 24.2 Å². The number of carbonyl (C=O) groups is 3. The molecular formula is C24H35N3O3. The van der Waals surface area contributed by atoms with Gasteiger partial charge in [0.05, 0.1) is 0 Å². The van der Waals surface area contributed by atoms with Crippen molar-refractivity contribution in [2.75, 3.05) is 6.54 Å². The molecule has 1 saturated carbocycles. The van der Waals surface area contributed by atoms with E-state index in [9.17, 15) is 14.4 Å². The van der Waals surface area contributed by atoms with E-state index >= 15 is 0 Å². The Labute approximate surface area is 179 Å². The van der Waals surface area contributed by atoms with E-state index in [1.807, 2.05) is 30.3 Å². The number of carbonyl (C=O) groups excluding carboxylic acids is 3. The number of imide groups is 1. The molecule has 4 amide bonds. The number of nitrogens with one attached hydrogen (secondary N) is 2. The minimum absolute atomic E-state index is 0.135. The van der Waals surface area contributed by atoms with Gasteiger partial charge in [0, 0.05) is 6.04 Å². The Morgan fingerprint density at radius 1 is 1.13 bits per heavy atom. The molecule has 0 unspecified atom stereocenters. The molecule has 2 N–H and O–H groups in total. The molecule has 0 aromatic heterocycles. The first kappa shape index (κ1) is 22.3. The number of amides is 4. The van der Waals surface area contributed by atoms with Gasteiger partial charge in [-0.2, -0.15) is 0 Å². The number of nitrogens with zero attached hydrogens (tertiary/aromatic N) is 1. The van der Waals surface area contributed by atoms with Crippen molar-refractivity contribution in [3.05, 3.63) is 35.9 Å². The summed E-state index contributed by atoms with van der Waals surface area (Å²) in [5, 5.41) is 5.76. The molecule has 2 fully saturated rings. The van der Waals surface area contributed by atoms with Crippen LogP contribution in [0.4, 0.5) is 4.79 Å². The lowest BCUT2D eigenvalue weighted by molar-refractivity contribution is -0.132. The number of hydrogen-bond acceptors (Lipinski definition) is 3. The summed E-state index contributed by atoms with van der Waals surface area (Å²) in [5.41, 5.74) is 1.46. The van der Waals surface area contributed by atoms with Crippen molar-refractivity contribution in [3.63, 3.8) is 0 Å². The lowest BCUT2D eigenvalue weighted by atomic mass is 9.69. The first-order valence-electron chi connectivity index (χ1n) is 11.3. The highest BCUT2D eigenvalue weighted by molar-refractivity contribution is 6.06. The molecular weight excluding hydrogens is 378 g/mol. The molecule has 3 rings (SSSR count). The summed E-state index contributed by atoms with van der Waals surface area (Å²) in [4.78, 5) is 38.4. The maximum atomic E-state index is 12.6. The lowest BCUT2D eigenvalue weighted by Crippen LogP contribution is -2.46. The molecule has 1 aliphatic heterocycles. The highest BCUT2D eigenvalue weighted by Gasteiger charge is 2.39. The van der Waals surface area contributed by atoms with Crippen LogP contribution in [0.1, 0.15) is 64.9 Å². The van der Waals surface area contributed by atoms with Crippen molar-refractivity contribution >= 4 is 17.8 Å². The van der Waals surface area contributed by atoms with Gasteiger partial charge in [-0.05, 0) is 55.4 Å². The summed E-state index contributed by atoms with van der Waals surface area (Å²) >= 11 is 0. The van der Waals surface area contributed by atoms with Gasteiger partial charge in [-0.25, -0.2) is 4.79 Å². The van der Waals surface area contributed by atoms with Gasteiger partial charge in [0.2, 0.25) is 5.91 Å². The first-order chi connectivity index (χ1) is 14.3. The number of benzene rings is 1. The van der Waals surface area contributed by atoms with Crippen molar-refractivity contribution in [2.24, 2.45) is 11.3 Å². The second-order valence-corrected chi connectivity index (χ2v) is 9.41. The highest BCUT2D eigenvalue weighted by atomic mass is 16.2. The average molecular weight is 414 g/mol. The molecule has 164 valence electrons. The minimum Gasteiger partial charge on any atom is -0.352 e. The van der Waals surface area contributed by atoms with Crippen LogP contribution in [0.25, 0.3) is 0 Å². The first-order valence-corrected chi connectivity index (χ1v) is 11.3. The molecule has 1 aromatic rings. The smallest absolute Gasteiger partial charge is 0.325 e. The zero-order valence-electron chi connectivity index (χ0n) is 18.4. The van der Waals surface area contributed by atoms with Crippen LogP contribution in [0.5, 0.6) is 0 Å². The molecule has 0 bridgehead atoms. The average Bonchev–Trinajstić information content (AvgIpc) is 3.01. The second-order valence-electron chi connectivity index (χ2n) is 9.41. The summed E-state index contributed by atoms with van der Waals surface area (Å²) in [7, 11) is 0. The molecule has 1 saturated heterocycles. The molecule has 1 aliphatic carbocycles. The Kier molecular flexibility index (Phi) is 7.16. The fourth-order valence-electron chi connectivity index (χ4n) is 4.60. The zero-order valence-corrected chi connectivity index (χ0v) is 18.4. The van der Waals surface area contributed by atoms with Crippen molar-refractivity contribution in [1.82, 2.24) is 15.5 Å². The van der Waals surface area contributed by atoms with Crippen molar-refractivity contribution in [3.8, 4) is 0 Å². The quantitative estimate of drug-likeness (QED) is 0.639. The molecule has 6 heteroatoms. The molecule has 1 aromatic carbocycles. The van der Waals surface area contributed by atoms with Crippen LogP contribution in [0.15, 0.2) is 30.3 Å². The van der Waals surface area contributed by atoms with Gasteiger partial charge in [0.1, 0.15) is 12.6 Å². The normalized spacial score (nSPS) is 24.6. The standard InChI is InChI=1S/C24H35N3O3/c1-4-24(2,3)18-11-13-19(14-12-18)25-21(28)16-27-22(29)20(26-23(27)30)15-10-17-8-6-5-7-9-17/h5-9,18-20H,4,10-16H2,1-3H3,(H,25,28)(H,26,30)/t18?,19?,20-/m0/s1. The van der Waals surface area contributed by atoms with Crippen LogP contribution in [-0.2, 0) is 16.0 Å². The van der Waals surface area contributed by atoms with Gasteiger partial charge in [-0.15, -0.1) is 0 Å². The van der Waals surface area contributed by atoms with Gasteiger partial charge in [-0.1, -0.05) is 57.5 Å². The predicted molar refractivity (Wildman–Crippen MR) is 117 cm³/mol. The van der Waals surface area contributed by atoms with E-state index in [4.69, 9.17) is 0 Å². The fraction of sp³-hybridized carbons (Fsp3) is 0.625. The van der Waals surface area contributed by atoms with E-state index in [0.717, 1.165) is 42.6 Å². The number of hydrogen-bond donors (Lipinski definition) is 2. The molecule has 2 aliphatic rings. The summed E-state index contributed by atoms with van der Waals surface area (Å²) in [6.45, 7) is 6.68. The van der Waals surface area contributed by atoms with Crippen LogP contribution >= 0.6 is 0 Å². The second kappa shape index (κ2) is 9.63. The Morgan fingerprint density at radius 2 is 1.80 bits per heavy atom. The molecule has 6 nitrogen and oxygen atoms in total. The Balaban J connectivity index is 1.45. The van der Waals surface area contributed by atoms with Crippen LogP contribution < -0.4 is 10.6 Å². The van der Waals surface area contributed by atoms with Crippen molar-refractivity contribution in [2.45, 2.75) is 77.8 Å². The Morgan fingerprint density at radius 3 is 2.43 bits per heavy atom. The van der Waals surface area contributed by atoms with Crippen LogP contribution in [0.3, 0.4) is 0 Å². The van der Waals surface area contributed by atoms with E-state index in [1.54, 1.807) is 0 Å². The lowest BCUT2D eigenvalue weighted by Gasteiger charge is -2.39. The SMILES string of the molecule is CCC(C)(C)C1CCC(NC(=O)CN2C(=O)N[C@@H](CCc3ccccc3)C2=O)CC1. The molecule has 0 radical (unpaired) electrons. The monoisotopic (exact) mass is 413 g/mol.